The van der Waals surface area contributed by atoms with Gasteiger partial charge in [0, 0.05) is 16.1 Å². The molecule has 164 valence electrons. The highest BCUT2D eigenvalue weighted by Crippen LogP contribution is 2.40. The van der Waals surface area contributed by atoms with Crippen LogP contribution in [-0.4, -0.2) is 26.4 Å². The van der Waals surface area contributed by atoms with Gasteiger partial charge in [0.1, 0.15) is 6.54 Å². The molecule has 0 fully saturated rings. The third kappa shape index (κ3) is 4.14. The number of fused-ring (bicyclic) bond motifs is 1. The van der Waals surface area contributed by atoms with E-state index >= 15 is 0 Å². The molecule has 0 bridgehead atoms. The summed E-state index contributed by atoms with van der Waals surface area (Å²) in [5.74, 6) is -0.421. The van der Waals surface area contributed by atoms with Gasteiger partial charge in [0.15, 0.2) is 0 Å². The zero-order valence-corrected chi connectivity index (χ0v) is 19.1. The molecule has 32 heavy (non-hydrogen) atoms. The number of esters is 1. The number of nitrogens with zero attached hydrogens (tertiary/aromatic N) is 2. The molecular formula is C24H21ClN2O4S. The van der Waals surface area contributed by atoms with Crippen LogP contribution in [0.15, 0.2) is 72.8 Å². The molecule has 0 aliphatic carbocycles. The average Bonchev–Trinajstić information content (AvgIpc) is 3.05. The predicted octanol–water partition coefficient (Wildman–Crippen LogP) is 5.72. The SMILES string of the molecule is COC(=O)Cn1c(C)c(N(c2ccc(-c3ccccc3)cc2)S(=O)O)c2cc(Cl)ccc21. The standard InChI is InChI=1S/C24H21ClN2O4S/c1-16-24(21-14-19(25)10-13-22(21)26(16)15-23(28)31-2)27(32(29)30)20-11-8-18(9-12-20)17-6-4-3-5-7-17/h3-14H,15H2,1-2H3,(H,29,30). The predicted molar refractivity (Wildman–Crippen MR) is 128 cm³/mol. The Morgan fingerprint density at radius 3 is 2.34 bits per heavy atom. The number of aromatic nitrogens is 1. The molecule has 0 spiro atoms. The largest absolute Gasteiger partial charge is 0.468 e. The van der Waals surface area contributed by atoms with E-state index in [1.807, 2.05) is 42.5 Å². The Morgan fingerprint density at radius 2 is 1.72 bits per heavy atom. The monoisotopic (exact) mass is 468 g/mol. The van der Waals surface area contributed by atoms with Gasteiger partial charge in [0.25, 0.3) is 11.3 Å². The van der Waals surface area contributed by atoms with Crippen molar-refractivity contribution >= 4 is 51.1 Å². The first kappa shape index (κ1) is 22.1. The highest BCUT2D eigenvalue weighted by molar-refractivity contribution is 7.81. The maximum absolute atomic E-state index is 12.5. The van der Waals surface area contributed by atoms with Gasteiger partial charge < -0.3 is 9.30 Å². The summed E-state index contributed by atoms with van der Waals surface area (Å²) in [6, 6.07) is 22.5. The number of hydrogen-bond donors (Lipinski definition) is 1. The maximum atomic E-state index is 12.5. The van der Waals surface area contributed by atoms with Crippen molar-refractivity contribution in [1.29, 1.82) is 0 Å². The van der Waals surface area contributed by atoms with Crippen molar-refractivity contribution in [3.8, 4) is 11.1 Å². The van der Waals surface area contributed by atoms with Crippen LogP contribution in [0.5, 0.6) is 0 Å². The maximum Gasteiger partial charge on any atom is 0.325 e. The van der Waals surface area contributed by atoms with Crippen LogP contribution < -0.4 is 4.31 Å². The van der Waals surface area contributed by atoms with E-state index < -0.39 is 17.2 Å². The fourth-order valence-corrected chi connectivity index (χ4v) is 4.67. The zero-order chi connectivity index (χ0) is 22.8. The van der Waals surface area contributed by atoms with Crippen LogP contribution in [0.2, 0.25) is 5.02 Å². The highest BCUT2D eigenvalue weighted by atomic mass is 35.5. The summed E-state index contributed by atoms with van der Waals surface area (Å²) >= 11 is 3.88. The van der Waals surface area contributed by atoms with Crippen molar-refractivity contribution in [2.75, 3.05) is 11.4 Å². The molecular weight excluding hydrogens is 448 g/mol. The zero-order valence-electron chi connectivity index (χ0n) is 17.5. The number of anilines is 2. The van der Waals surface area contributed by atoms with Gasteiger partial charge in [-0.3, -0.25) is 9.35 Å². The van der Waals surface area contributed by atoms with Gasteiger partial charge in [0.05, 0.1) is 24.0 Å². The Hall–Kier alpha value is -3.13. The molecule has 4 rings (SSSR count). The third-order valence-corrected chi connectivity index (χ3v) is 6.28. The van der Waals surface area contributed by atoms with Crippen LogP contribution >= 0.6 is 11.6 Å². The summed E-state index contributed by atoms with van der Waals surface area (Å²) in [6.45, 7) is 1.77. The van der Waals surface area contributed by atoms with Crippen molar-refractivity contribution in [2.24, 2.45) is 0 Å². The molecule has 4 aromatic rings. The van der Waals surface area contributed by atoms with Crippen molar-refractivity contribution in [2.45, 2.75) is 13.5 Å². The summed E-state index contributed by atoms with van der Waals surface area (Å²) in [4.78, 5) is 12.0. The Labute approximate surface area is 193 Å². The van der Waals surface area contributed by atoms with Crippen LogP contribution in [0.1, 0.15) is 5.69 Å². The van der Waals surface area contributed by atoms with E-state index in [4.69, 9.17) is 16.3 Å². The van der Waals surface area contributed by atoms with Gasteiger partial charge in [-0.2, -0.15) is 0 Å². The second-order valence-corrected chi connectivity index (χ2v) is 8.46. The lowest BCUT2D eigenvalue weighted by atomic mass is 10.1. The average molecular weight is 469 g/mol. The van der Waals surface area contributed by atoms with Gasteiger partial charge in [-0.1, -0.05) is 54.1 Å². The molecule has 8 heteroatoms. The third-order valence-electron chi connectivity index (χ3n) is 5.34. The number of ether oxygens (including phenoxy) is 1. The molecule has 1 heterocycles. The van der Waals surface area contributed by atoms with Crippen molar-refractivity contribution < 1.29 is 18.3 Å². The Kier molecular flexibility index (Phi) is 6.32. The summed E-state index contributed by atoms with van der Waals surface area (Å²) in [5.41, 5.74) is 4.43. The number of carbonyl (C=O) groups excluding carboxylic acids is 1. The lowest BCUT2D eigenvalue weighted by molar-refractivity contribution is -0.141. The summed E-state index contributed by atoms with van der Waals surface area (Å²) in [7, 11) is 1.32. The molecule has 1 aromatic heterocycles. The lowest BCUT2D eigenvalue weighted by Crippen LogP contribution is -2.20. The molecule has 0 radical (unpaired) electrons. The van der Waals surface area contributed by atoms with Crippen molar-refractivity contribution in [1.82, 2.24) is 4.57 Å². The minimum atomic E-state index is -2.37. The van der Waals surface area contributed by atoms with Crippen molar-refractivity contribution in [3.63, 3.8) is 0 Å². The molecule has 0 saturated carbocycles. The van der Waals surface area contributed by atoms with E-state index in [1.165, 1.54) is 11.4 Å². The van der Waals surface area contributed by atoms with E-state index in [0.717, 1.165) is 11.1 Å². The van der Waals surface area contributed by atoms with Gasteiger partial charge in [-0.25, -0.2) is 8.51 Å². The summed E-state index contributed by atoms with van der Waals surface area (Å²) in [6.07, 6.45) is 0. The smallest absolute Gasteiger partial charge is 0.325 e. The van der Waals surface area contributed by atoms with Gasteiger partial charge in [0.2, 0.25) is 0 Å². The van der Waals surface area contributed by atoms with Crippen LogP contribution in [0, 0.1) is 6.92 Å². The molecule has 0 saturated heterocycles. The molecule has 0 aliphatic heterocycles. The van der Waals surface area contributed by atoms with Gasteiger partial charge in [-0.05, 0) is 48.4 Å². The fraction of sp³-hybridized carbons (Fsp3) is 0.125. The normalized spacial score (nSPS) is 12.0. The minimum absolute atomic E-state index is 0.0285. The first-order chi connectivity index (χ1) is 15.4. The summed E-state index contributed by atoms with van der Waals surface area (Å²) in [5, 5.41) is 1.14. The van der Waals surface area contributed by atoms with E-state index in [0.29, 0.717) is 33.0 Å². The fourth-order valence-electron chi connectivity index (χ4n) is 3.81. The Balaban J connectivity index is 1.86. The first-order valence-corrected chi connectivity index (χ1v) is 11.3. The van der Waals surface area contributed by atoms with Crippen molar-refractivity contribution in [3.05, 3.63) is 83.5 Å². The van der Waals surface area contributed by atoms with E-state index in [9.17, 15) is 13.6 Å². The molecule has 0 amide bonds. The topological polar surface area (TPSA) is 71.8 Å². The first-order valence-electron chi connectivity index (χ1n) is 9.82. The van der Waals surface area contributed by atoms with Crippen LogP contribution in [0.25, 0.3) is 22.0 Å². The number of rotatable bonds is 6. The second kappa shape index (κ2) is 9.16. The number of hydrogen-bond acceptors (Lipinski definition) is 3. The quantitative estimate of drug-likeness (QED) is 0.290. The lowest BCUT2D eigenvalue weighted by Gasteiger charge is -2.21. The second-order valence-electron chi connectivity index (χ2n) is 7.20. The van der Waals surface area contributed by atoms with Gasteiger partial charge in [-0.15, -0.1) is 0 Å². The molecule has 1 atom stereocenters. The van der Waals surface area contributed by atoms with E-state index in [-0.39, 0.29) is 6.54 Å². The molecule has 1 unspecified atom stereocenters. The Morgan fingerprint density at radius 1 is 1.06 bits per heavy atom. The molecule has 1 N–H and O–H groups in total. The van der Waals surface area contributed by atoms with Crippen LogP contribution in [0.3, 0.4) is 0 Å². The Bertz CT molecular complexity index is 1300. The number of methoxy groups -OCH3 is 1. The number of carbonyl (C=O) groups is 1. The van der Waals surface area contributed by atoms with Crippen LogP contribution in [0.4, 0.5) is 11.4 Å². The minimum Gasteiger partial charge on any atom is -0.468 e. The number of halogens is 1. The molecule has 3 aromatic carbocycles. The van der Waals surface area contributed by atoms with E-state index in [2.05, 4.69) is 0 Å². The van der Waals surface area contributed by atoms with Crippen LogP contribution in [-0.2, 0) is 27.3 Å². The van der Waals surface area contributed by atoms with E-state index in [1.54, 1.807) is 41.8 Å². The molecule has 0 aliphatic rings. The highest BCUT2D eigenvalue weighted by Gasteiger charge is 2.25. The van der Waals surface area contributed by atoms with Gasteiger partial charge >= 0.3 is 5.97 Å². The molecule has 6 nitrogen and oxygen atoms in total. The summed E-state index contributed by atoms with van der Waals surface area (Å²) < 4.78 is 30.7. The number of benzene rings is 3.